The summed E-state index contributed by atoms with van der Waals surface area (Å²) >= 11 is 0. The highest BCUT2D eigenvalue weighted by atomic mass is 16.5. The van der Waals surface area contributed by atoms with Crippen molar-refractivity contribution in [1.82, 2.24) is 27.4 Å². The van der Waals surface area contributed by atoms with Crippen LogP contribution < -0.4 is 42.3 Å². The molecule has 10 heteroatoms. The molecule has 0 spiro atoms. The highest BCUT2D eigenvalue weighted by Gasteiger charge is 2.45. The van der Waals surface area contributed by atoms with Gasteiger partial charge in [-0.2, -0.15) is 0 Å². The Hall–Kier alpha value is -14.0. The molecule has 26 rings (SSSR count). The number of benzene rings is 16. The monoisotopic (exact) mass is 1510 g/mol. The Balaban J connectivity index is 0.652. The van der Waals surface area contributed by atoms with Crippen molar-refractivity contribution in [3.05, 3.63) is 337 Å². The quantitative estimate of drug-likeness (QED) is 0.142. The molecule has 0 saturated carbocycles. The van der Waals surface area contributed by atoms with Crippen LogP contribution in [-0.2, 0) is 17.3 Å². The van der Waals surface area contributed by atoms with Gasteiger partial charge in [-0.25, -0.2) is 0 Å². The second-order valence-corrected chi connectivity index (χ2v) is 35.9. The lowest BCUT2D eigenvalue weighted by atomic mass is 9.34. The van der Waals surface area contributed by atoms with Crippen LogP contribution in [0.25, 0.3) is 165 Å². The van der Waals surface area contributed by atoms with Crippen molar-refractivity contribution in [3.8, 4) is 57.1 Å². The van der Waals surface area contributed by atoms with Crippen LogP contribution in [0.3, 0.4) is 0 Å². The van der Waals surface area contributed by atoms with E-state index in [2.05, 4.69) is 392 Å². The largest absolute Gasteiger partial charge is 0.458 e. The van der Waals surface area contributed by atoms with Crippen molar-refractivity contribution < 1.29 is 9.47 Å². The van der Waals surface area contributed by atoms with Crippen LogP contribution in [0.1, 0.15) is 82.2 Å². The van der Waals surface area contributed by atoms with Gasteiger partial charge in [0.15, 0.2) is 0 Å². The molecule has 558 valence electrons. The number of aryl methyl sites for hydroxylation is 1. The number of fused-ring (bicyclic) bond motifs is 26. The maximum absolute atomic E-state index is 7.64. The van der Waals surface area contributed by atoms with E-state index in [9.17, 15) is 0 Å². The third-order valence-corrected chi connectivity index (χ3v) is 27.4. The molecule has 0 radical (unpaired) electrons. The lowest BCUT2D eigenvalue weighted by Crippen LogP contribution is -2.58. The Bertz CT molecular complexity index is 8170. The van der Waals surface area contributed by atoms with Crippen LogP contribution in [-0.4, -0.2) is 40.8 Å². The van der Waals surface area contributed by atoms with Gasteiger partial charge in [0.1, 0.15) is 23.0 Å². The number of rotatable bonds is 8. The van der Waals surface area contributed by atoms with E-state index in [1.165, 1.54) is 203 Å². The van der Waals surface area contributed by atoms with Crippen molar-refractivity contribution in [2.75, 3.05) is 0 Å². The third kappa shape index (κ3) is 8.91. The van der Waals surface area contributed by atoms with E-state index in [1.54, 1.807) is 0 Å². The third-order valence-electron chi connectivity index (χ3n) is 27.4. The molecule has 6 aromatic heterocycles. The molecule has 0 atom stereocenters. The van der Waals surface area contributed by atoms with Gasteiger partial charge in [-0.15, -0.1) is 0 Å². The summed E-state index contributed by atoms with van der Waals surface area (Å²) in [7, 11) is 0. The second-order valence-electron chi connectivity index (χ2n) is 35.9. The first-order chi connectivity index (χ1) is 57.6. The van der Waals surface area contributed by atoms with Crippen molar-refractivity contribution in [2.45, 2.75) is 78.6 Å². The van der Waals surface area contributed by atoms with E-state index in [-0.39, 0.29) is 30.2 Å². The van der Waals surface area contributed by atoms with E-state index in [0.717, 1.165) is 52.2 Å². The van der Waals surface area contributed by atoms with Gasteiger partial charge in [0.05, 0.1) is 55.2 Å². The van der Waals surface area contributed by atoms with Crippen LogP contribution in [0.2, 0.25) is 0 Å². The second kappa shape index (κ2) is 23.4. The van der Waals surface area contributed by atoms with Crippen LogP contribution >= 0.6 is 0 Å². The Labute approximate surface area is 682 Å². The summed E-state index contributed by atoms with van der Waals surface area (Å²) in [5.74, 6) is 3.93. The number of ether oxygens (including phenoxy) is 2. The predicted molar refractivity (Wildman–Crippen MR) is 496 cm³/mol. The molecule has 0 saturated heterocycles. The Morgan fingerprint density at radius 1 is 0.297 bits per heavy atom. The molecule has 0 fully saturated rings. The van der Waals surface area contributed by atoms with Crippen LogP contribution in [0.15, 0.2) is 309 Å². The molecule has 0 amide bonds. The van der Waals surface area contributed by atoms with E-state index < -0.39 is 0 Å². The van der Waals surface area contributed by atoms with Gasteiger partial charge in [0.2, 0.25) is 0 Å². The maximum Gasteiger partial charge on any atom is 0.256 e. The summed E-state index contributed by atoms with van der Waals surface area (Å²) in [5, 5.41) is 14.8. The van der Waals surface area contributed by atoms with E-state index in [1.807, 2.05) is 0 Å². The molecule has 4 aliphatic rings. The van der Waals surface area contributed by atoms with Gasteiger partial charge in [-0.1, -0.05) is 212 Å². The predicted octanol–water partition coefficient (Wildman–Crippen LogP) is 23.4. The van der Waals surface area contributed by atoms with Crippen LogP contribution in [0.4, 0.5) is 0 Å². The van der Waals surface area contributed by atoms with E-state index in [4.69, 9.17) is 9.47 Å². The van der Waals surface area contributed by atoms with Gasteiger partial charge < -0.3 is 36.9 Å². The fourth-order valence-electron chi connectivity index (χ4n) is 22.1. The van der Waals surface area contributed by atoms with E-state index in [0.29, 0.717) is 0 Å². The van der Waals surface area contributed by atoms with Crippen LogP contribution in [0.5, 0.6) is 23.0 Å². The lowest BCUT2D eigenvalue weighted by Gasteiger charge is -2.35. The summed E-state index contributed by atoms with van der Waals surface area (Å²) < 4.78 is 30.1. The molecule has 22 aromatic rings. The average Bonchev–Trinajstić information content (AvgIpc) is 1.49. The van der Waals surface area contributed by atoms with Gasteiger partial charge in [-0.3, -0.25) is 0 Å². The normalized spacial score (nSPS) is 13.5. The SMILES string of the molecule is Cc1cc2c3c(c1)-n1c4ccc(-n5c6ccccc6c6ccccc65)cc4c4cc(-n5c6ccccc6c6c(CC(C)(C)c7ccc8c(c7)Oc7cc(C(C)C)cc9c7B8c7cc(-n8c%10ccccc%10c%10ccccc%108)cc8c%10cc(-n%11c%12ccccc%12c%12ccccc%12%11)ccc%10n-9c78)cccc65)cc(c41)B3c1ccc(C(C)(C)C)cc1O2. The number of aromatic nitrogens is 6. The van der Waals surface area contributed by atoms with Crippen LogP contribution in [0, 0.1) is 6.92 Å². The zero-order valence-electron chi connectivity index (χ0n) is 66.9. The highest BCUT2D eigenvalue weighted by molar-refractivity contribution is 7.00. The van der Waals surface area contributed by atoms with Gasteiger partial charge >= 0.3 is 0 Å². The number of para-hydroxylation sites is 7. The number of hydrogen-bond donors (Lipinski definition) is 0. The molecule has 0 bridgehead atoms. The average molecular weight is 1510 g/mol. The fraction of sp³-hybridized carbons (Fsp3) is 0.111. The zero-order valence-corrected chi connectivity index (χ0v) is 66.9. The Morgan fingerprint density at radius 2 is 0.678 bits per heavy atom. The molecular weight excluding hydrogens is 1430 g/mol. The minimum atomic E-state index is -0.371. The smallest absolute Gasteiger partial charge is 0.256 e. The van der Waals surface area contributed by atoms with Crippen molar-refractivity contribution in [1.29, 1.82) is 0 Å². The summed E-state index contributed by atoms with van der Waals surface area (Å²) in [6, 6.07) is 118. The van der Waals surface area contributed by atoms with Gasteiger partial charge in [0, 0.05) is 110 Å². The number of nitrogens with zero attached hydrogens (tertiary/aromatic N) is 6. The molecular formula is C108H78B2N6O2. The molecule has 0 N–H and O–H groups in total. The van der Waals surface area contributed by atoms with E-state index >= 15 is 0 Å². The first-order valence-corrected chi connectivity index (χ1v) is 41.8. The fourth-order valence-corrected chi connectivity index (χ4v) is 22.1. The number of hydrogen-bond acceptors (Lipinski definition) is 2. The topological polar surface area (TPSA) is 48.0 Å². The summed E-state index contributed by atoms with van der Waals surface area (Å²) in [6.07, 6.45) is 0.772. The molecule has 4 aliphatic heterocycles. The zero-order chi connectivity index (χ0) is 78.4. The van der Waals surface area contributed by atoms with Crippen molar-refractivity contribution in [3.63, 3.8) is 0 Å². The molecule has 118 heavy (non-hydrogen) atoms. The maximum atomic E-state index is 7.64. The molecule has 8 nitrogen and oxygen atoms in total. The molecule has 10 heterocycles. The summed E-state index contributed by atoms with van der Waals surface area (Å²) in [4.78, 5) is 0. The van der Waals surface area contributed by atoms with Gasteiger partial charge in [-0.05, 0) is 236 Å². The summed E-state index contributed by atoms with van der Waals surface area (Å²) in [5.41, 5.74) is 34.3. The van der Waals surface area contributed by atoms with Gasteiger partial charge in [0.25, 0.3) is 13.4 Å². The Kier molecular flexibility index (Phi) is 13.2. The first-order valence-electron chi connectivity index (χ1n) is 41.8. The van der Waals surface area contributed by atoms with Crippen molar-refractivity contribution in [2.24, 2.45) is 0 Å². The lowest BCUT2D eigenvalue weighted by molar-refractivity contribution is 0.477. The Morgan fingerprint density at radius 3 is 1.14 bits per heavy atom. The first kappa shape index (κ1) is 66.3. The molecule has 0 unspecified atom stereocenters. The van der Waals surface area contributed by atoms with Crippen molar-refractivity contribution >= 4 is 177 Å². The minimum absolute atomic E-state index is 0.0746. The standard InChI is InChI=1S/C108H78B2N6O2/c1-61(2)64-50-97-104-101(51-64)118-99-53-66(41-45-83(99)110(104)84-58-69(113-90-36-20-13-29-75(90)76-30-14-21-37-91(76)113)56-80-79-55-68(43-47-94(79)116(97)106(80)84)112-88-34-18-11-27-73(88)74-28-12-19-35-89(74)112)108(7,8)60-63-24-23-39-95-102(63)77-31-15-22-38-92(77)114(95)70-57-81-78-54-67(111-86-32-16-9-25-71(86)72-26-10-17-33-87(72)111)42-46-93(78)115-96-48-62(3)49-100-103(96)109(85(59-70)105(81)115)82-44-40-65(107(4,5)6)52-98(82)117-100/h9-59,61H,60H2,1-8H3. The molecule has 0 aliphatic carbocycles. The highest BCUT2D eigenvalue weighted by Crippen LogP contribution is 2.48. The molecule has 16 aromatic carbocycles. The minimum Gasteiger partial charge on any atom is -0.458 e. The summed E-state index contributed by atoms with van der Waals surface area (Å²) in [6.45, 7) is 18.4.